The Hall–Kier alpha value is -1.75. The van der Waals surface area contributed by atoms with Gasteiger partial charge in [-0.05, 0) is 42.2 Å². The number of para-hydroxylation sites is 1. The number of anilines is 1. The largest absolute Gasteiger partial charge is 0.490 e. The molecule has 1 heterocycles. The van der Waals surface area contributed by atoms with E-state index in [1.807, 2.05) is 36.4 Å². The van der Waals surface area contributed by atoms with Gasteiger partial charge in [0.1, 0.15) is 25.0 Å². The average molecular weight is 404 g/mol. The summed E-state index contributed by atoms with van der Waals surface area (Å²) in [6.07, 6.45) is 0.613. The van der Waals surface area contributed by atoms with Crippen LogP contribution < -0.4 is 14.5 Å². The van der Waals surface area contributed by atoms with Crippen LogP contribution in [0, 0.1) is 0 Å². The monoisotopic (exact) mass is 403 g/mol. The highest BCUT2D eigenvalue weighted by atomic mass is 35.5. The lowest BCUT2D eigenvalue weighted by molar-refractivity contribution is -0.903. The van der Waals surface area contributed by atoms with Crippen LogP contribution in [0.15, 0.2) is 48.5 Å². The zero-order chi connectivity index (χ0) is 19.9. The van der Waals surface area contributed by atoms with Crippen molar-refractivity contribution in [3.8, 4) is 5.75 Å². The van der Waals surface area contributed by atoms with E-state index in [-0.39, 0.29) is 0 Å². The predicted octanol–water partition coefficient (Wildman–Crippen LogP) is 3.00. The van der Waals surface area contributed by atoms with Crippen LogP contribution in [0.2, 0.25) is 5.02 Å². The van der Waals surface area contributed by atoms with Gasteiger partial charge in [0.2, 0.25) is 0 Å². The SMILES string of the molecule is CC[C@@H](C)c1ccccc1OC[C@H](O)C[NH+]1CCN(c2cccc(Cl)c2)CC1. The van der Waals surface area contributed by atoms with Gasteiger partial charge in [0.05, 0.1) is 26.2 Å². The molecule has 5 heteroatoms. The Bertz CT molecular complexity index is 747. The molecule has 2 N–H and O–H groups in total. The number of nitrogens with one attached hydrogen (secondary N) is 1. The van der Waals surface area contributed by atoms with E-state index < -0.39 is 6.10 Å². The summed E-state index contributed by atoms with van der Waals surface area (Å²) in [6.45, 7) is 9.41. The van der Waals surface area contributed by atoms with Crippen LogP contribution in [0.3, 0.4) is 0 Å². The number of quaternary nitrogens is 1. The highest BCUT2D eigenvalue weighted by Crippen LogP contribution is 2.28. The third-order valence-electron chi connectivity index (χ3n) is 5.66. The van der Waals surface area contributed by atoms with Gasteiger partial charge < -0.3 is 19.6 Å². The Morgan fingerprint density at radius 2 is 1.89 bits per heavy atom. The van der Waals surface area contributed by atoms with Gasteiger partial charge in [0.25, 0.3) is 0 Å². The molecule has 0 aromatic heterocycles. The van der Waals surface area contributed by atoms with E-state index in [4.69, 9.17) is 16.3 Å². The zero-order valence-corrected chi connectivity index (χ0v) is 17.7. The first kappa shape index (κ1) is 21.0. The van der Waals surface area contributed by atoms with Gasteiger partial charge in [-0.3, -0.25) is 0 Å². The van der Waals surface area contributed by atoms with Gasteiger partial charge in [-0.1, -0.05) is 49.7 Å². The standard InChI is InChI=1S/C23H31ClN2O2/c1-3-18(2)22-9-4-5-10-23(22)28-17-21(27)16-25-11-13-26(14-12-25)20-8-6-7-19(24)15-20/h4-10,15,18,21,27H,3,11-14,16-17H2,1-2H3/p+1/t18-,21-/m1/s1. The first-order valence-corrected chi connectivity index (χ1v) is 10.7. The quantitative estimate of drug-likeness (QED) is 0.711. The molecular formula is C23H32ClN2O2+. The van der Waals surface area contributed by atoms with Gasteiger partial charge in [-0.15, -0.1) is 0 Å². The van der Waals surface area contributed by atoms with Crippen molar-refractivity contribution in [2.45, 2.75) is 32.3 Å². The number of hydrogen-bond donors (Lipinski definition) is 2. The number of ether oxygens (including phenoxy) is 1. The molecule has 0 saturated carbocycles. The smallest absolute Gasteiger partial charge is 0.137 e. The second kappa shape index (κ2) is 10.1. The van der Waals surface area contributed by atoms with Crippen molar-refractivity contribution in [2.24, 2.45) is 0 Å². The van der Waals surface area contributed by atoms with Crippen LogP contribution in [0.5, 0.6) is 5.75 Å². The third-order valence-corrected chi connectivity index (χ3v) is 5.90. The minimum absolute atomic E-state index is 0.342. The maximum atomic E-state index is 10.5. The van der Waals surface area contributed by atoms with E-state index >= 15 is 0 Å². The van der Waals surface area contributed by atoms with Crippen LogP contribution in [-0.2, 0) is 0 Å². The van der Waals surface area contributed by atoms with Crippen LogP contribution in [0.25, 0.3) is 0 Å². The van der Waals surface area contributed by atoms with Crippen molar-refractivity contribution in [2.75, 3.05) is 44.2 Å². The Balaban J connectivity index is 1.46. The van der Waals surface area contributed by atoms with E-state index in [9.17, 15) is 5.11 Å². The number of piperazine rings is 1. The number of rotatable bonds is 8. The Kier molecular flexibility index (Phi) is 7.60. The molecular weight excluding hydrogens is 372 g/mol. The maximum Gasteiger partial charge on any atom is 0.137 e. The topological polar surface area (TPSA) is 37.1 Å². The van der Waals surface area contributed by atoms with E-state index in [1.165, 1.54) is 16.2 Å². The number of halogens is 1. The fourth-order valence-corrected chi connectivity index (χ4v) is 3.96. The molecule has 2 aromatic carbocycles. The molecule has 0 amide bonds. The van der Waals surface area contributed by atoms with E-state index in [0.717, 1.165) is 49.9 Å². The summed E-state index contributed by atoms with van der Waals surface area (Å²) >= 11 is 6.11. The molecule has 0 aliphatic carbocycles. The summed E-state index contributed by atoms with van der Waals surface area (Å²) in [5.74, 6) is 1.36. The van der Waals surface area contributed by atoms with Crippen molar-refractivity contribution < 1.29 is 14.7 Å². The third kappa shape index (κ3) is 5.63. The first-order valence-electron chi connectivity index (χ1n) is 10.3. The summed E-state index contributed by atoms with van der Waals surface area (Å²) in [7, 11) is 0. The molecule has 152 valence electrons. The molecule has 0 spiro atoms. The molecule has 4 nitrogen and oxygen atoms in total. The molecule has 0 unspecified atom stereocenters. The zero-order valence-electron chi connectivity index (χ0n) is 16.9. The number of hydrogen-bond acceptors (Lipinski definition) is 3. The van der Waals surface area contributed by atoms with Gasteiger partial charge in [0, 0.05) is 10.7 Å². The fraction of sp³-hybridized carbons (Fsp3) is 0.478. The van der Waals surface area contributed by atoms with E-state index in [0.29, 0.717) is 12.5 Å². The van der Waals surface area contributed by atoms with E-state index in [2.05, 4.69) is 30.9 Å². The Labute approximate surface area is 173 Å². The first-order chi connectivity index (χ1) is 13.6. The van der Waals surface area contributed by atoms with Crippen molar-refractivity contribution >= 4 is 17.3 Å². The molecule has 0 radical (unpaired) electrons. The van der Waals surface area contributed by atoms with Gasteiger partial charge in [-0.2, -0.15) is 0 Å². The molecule has 1 fully saturated rings. The molecule has 3 rings (SSSR count). The van der Waals surface area contributed by atoms with Crippen LogP contribution in [0.4, 0.5) is 5.69 Å². The second-order valence-corrected chi connectivity index (χ2v) is 8.17. The van der Waals surface area contributed by atoms with Crippen molar-refractivity contribution in [3.05, 3.63) is 59.1 Å². The minimum Gasteiger partial charge on any atom is -0.490 e. The Morgan fingerprint density at radius 3 is 2.61 bits per heavy atom. The van der Waals surface area contributed by atoms with Gasteiger partial charge >= 0.3 is 0 Å². The lowest BCUT2D eigenvalue weighted by Crippen LogP contribution is -3.16. The number of aliphatic hydroxyl groups excluding tert-OH is 1. The fourth-order valence-electron chi connectivity index (χ4n) is 3.78. The highest BCUT2D eigenvalue weighted by Gasteiger charge is 2.23. The molecule has 2 atom stereocenters. The Morgan fingerprint density at radius 1 is 1.14 bits per heavy atom. The van der Waals surface area contributed by atoms with Crippen LogP contribution >= 0.6 is 11.6 Å². The van der Waals surface area contributed by atoms with Crippen molar-refractivity contribution in [1.29, 1.82) is 0 Å². The van der Waals surface area contributed by atoms with Crippen LogP contribution in [-0.4, -0.2) is 50.5 Å². The summed E-state index contributed by atoms with van der Waals surface area (Å²) in [5.41, 5.74) is 2.40. The van der Waals surface area contributed by atoms with Crippen molar-refractivity contribution in [1.82, 2.24) is 0 Å². The van der Waals surface area contributed by atoms with Crippen LogP contribution in [0.1, 0.15) is 31.7 Å². The normalized spacial score (nSPS) is 17.4. The summed E-state index contributed by atoms with van der Waals surface area (Å²) in [6, 6.07) is 16.2. The second-order valence-electron chi connectivity index (χ2n) is 7.73. The predicted molar refractivity (Wildman–Crippen MR) is 116 cm³/mol. The summed E-state index contributed by atoms with van der Waals surface area (Å²) in [4.78, 5) is 3.78. The summed E-state index contributed by atoms with van der Waals surface area (Å²) < 4.78 is 5.98. The maximum absolute atomic E-state index is 10.5. The van der Waals surface area contributed by atoms with E-state index in [1.54, 1.807) is 0 Å². The highest BCUT2D eigenvalue weighted by molar-refractivity contribution is 6.30. The number of nitrogens with zero attached hydrogens (tertiary/aromatic N) is 1. The molecule has 1 saturated heterocycles. The lowest BCUT2D eigenvalue weighted by atomic mass is 9.98. The van der Waals surface area contributed by atoms with Crippen molar-refractivity contribution in [3.63, 3.8) is 0 Å². The molecule has 0 bridgehead atoms. The molecule has 2 aromatic rings. The molecule has 28 heavy (non-hydrogen) atoms. The minimum atomic E-state index is -0.460. The number of benzene rings is 2. The van der Waals surface area contributed by atoms with Gasteiger partial charge in [-0.25, -0.2) is 0 Å². The molecule has 1 aliphatic heterocycles. The molecule has 1 aliphatic rings. The van der Waals surface area contributed by atoms with Gasteiger partial charge in [0.15, 0.2) is 0 Å². The lowest BCUT2D eigenvalue weighted by Gasteiger charge is -2.34. The number of aliphatic hydroxyl groups is 1. The summed E-state index contributed by atoms with van der Waals surface area (Å²) in [5, 5.41) is 11.3. The average Bonchev–Trinajstić information content (AvgIpc) is 2.72.